The van der Waals surface area contributed by atoms with E-state index in [1.807, 2.05) is 0 Å². The number of para-hydroxylation sites is 1. The van der Waals surface area contributed by atoms with Crippen LogP contribution in [0.2, 0.25) is 10.0 Å². The van der Waals surface area contributed by atoms with E-state index in [4.69, 9.17) is 32.7 Å². The average Bonchev–Trinajstić information content (AvgIpc) is 3.15. The minimum Gasteiger partial charge on any atom is -0.492 e. The number of amides is 2. The second kappa shape index (κ2) is 12.7. The maximum atomic E-state index is 14.0. The van der Waals surface area contributed by atoms with Crippen molar-refractivity contribution in [1.29, 1.82) is 0 Å². The van der Waals surface area contributed by atoms with Crippen LogP contribution in [0.15, 0.2) is 42.5 Å². The minimum absolute atomic E-state index is 0.000592. The first kappa shape index (κ1) is 27.4. The molecule has 3 rings (SSSR count). The molecule has 0 atom stereocenters. The first-order valence-electron chi connectivity index (χ1n) is 10.9. The van der Waals surface area contributed by atoms with Crippen molar-refractivity contribution in [3.05, 3.63) is 74.3 Å². The first-order chi connectivity index (χ1) is 17.2. The van der Waals surface area contributed by atoms with Crippen LogP contribution in [0.1, 0.15) is 45.4 Å². The Balaban J connectivity index is 1.69. The topological polar surface area (TPSA) is 93.7 Å². The number of halogens is 3. The Labute approximate surface area is 221 Å². The summed E-state index contributed by atoms with van der Waals surface area (Å²) in [7, 11) is 0. The molecule has 0 bridgehead atoms. The zero-order valence-electron chi connectivity index (χ0n) is 19.5. The summed E-state index contributed by atoms with van der Waals surface area (Å²) in [5.41, 5.74) is 0.403. The van der Waals surface area contributed by atoms with Crippen molar-refractivity contribution in [1.82, 2.24) is 0 Å². The molecule has 0 radical (unpaired) electrons. The number of carbonyl (C=O) groups is 3. The molecule has 7 nitrogen and oxygen atoms in total. The Bertz CT molecular complexity index is 1280. The number of thiophene rings is 1. The molecule has 3 aromatic rings. The molecule has 0 unspecified atom stereocenters. The van der Waals surface area contributed by atoms with E-state index in [9.17, 15) is 18.8 Å². The van der Waals surface area contributed by atoms with Gasteiger partial charge in [-0.05, 0) is 56.2 Å². The third-order valence-electron chi connectivity index (χ3n) is 4.91. The van der Waals surface area contributed by atoms with E-state index in [0.717, 1.165) is 11.3 Å². The molecule has 0 fully saturated rings. The number of rotatable bonds is 10. The van der Waals surface area contributed by atoms with Crippen LogP contribution in [0.3, 0.4) is 0 Å². The van der Waals surface area contributed by atoms with E-state index in [0.29, 0.717) is 27.8 Å². The highest BCUT2D eigenvalue weighted by molar-refractivity contribution is 7.19. The van der Waals surface area contributed by atoms with Gasteiger partial charge in [0.1, 0.15) is 16.6 Å². The van der Waals surface area contributed by atoms with Gasteiger partial charge in [-0.1, -0.05) is 35.3 Å². The van der Waals surface area contributed by atoms with Crippen molar-refractivity contribution in [3.63, 3.8) is 0 Å². The zero-order chi connectivity index (χ0) is 26.2. The van der Waals surface area contributed by atoms with Crippen LogP contribution >= 0.6 is 34.5 Å². The summed E-state index contributed by atoms with van der Waals surface area (Å²) in [5, 5.41) is 6.20. The fraction of sp³-hybridized carbons (Fsp3) is 0.240. The maximum absolute atomic E-state index is 14.0. The summed E-state index contributed by atoms with van der Waals surface area (Å²) in [6, 6.07) is 10.6. The number of ether oxygens (including phenoxy) is 2. The van der Waals surface area contributed by atoms with Gasteiger partial charge in [0, 0.05) is 11.4 Å². The van der Waals surface area contributed by atoms with Crippen molar-refractivity contribution in [3.8, 4) is 5.75 Å². The summed E-state index contributed by atoms with van der Waals surface area (Å²) in [6.45, 7) is 3.55. The van der Waals surface area contributed by atoms with Gasteiger partial charge in [0.15, 0.2) is 0 Å². The molecule has 0 saturated heterocycles. The molecule has 11 heteroatoms. The second-order valence-electron chi connectivity index (χ2n) is 7.49. The van der Waals surface area contributed by atoms with Gasteiger partial charge in [-0.2, -0.15) is 0 Å². The Morgan fingerprint density at radius 3 is 2.53 bits per heavy atom. The van der Waals surface area contributed by atoms with Crippen LogP contribution in [-0.4, -0.2) is 31.0 Å². The number of esters is 1. The van der Waals surface area contributed by atoms with Gasteiger partial charge in [-0.25, -0.2) is 9.18 Å². The summed E-state index contributed by atoms with van der Waals surface area (Å²) >= 11 is 12.8. The molecule has 0 saturated carbocycles. The van der Waals surface area contributed by atoms with Crippen LogP contribution in [-0.2, 0) is 9.53 Å². The SMILES string of the molecule is CCOC(=O)c1c(NC(=O)CCCOc2ccc(Cl)cc2Cl)sc(C(=O)Nc2ccccc2F)c1C. The van der Waals surface area contributed by atoms with E-state index in [1.54, 1.807) is 38.1 Å². The lowest BCUT2D eigenvalue weighted by molar-refractivity contribution is -0.116. The largest absolute Gasteiger partial charge is 0.492 e. The van der Waals surface area contributed by atoms with Gasteiger partial charge in [0.05, 0.1) is 34.4 Å². The molecule has 0 aliphatic heterocycles. The highest BCUT2D eigenvalue weighted by atomic mass is 35.5. The molecule has 190 valence electrons. The highest BCUT2D eigenvalue weighted by Crippen LogP contribution is 2.35. The normalized spacial score (nSPS) is 10.6. The van der Waals surface area contributed by atoms with Gasteiger partial charge < -0.3 is 20.1 Å². The van der Waals surface area contributed by atoms with Crippen molar-refractivity contribution in [2.75, 3.05) is 23.8 Å². The van der Waals surface area contributed by atoms with Gasteiger partial charge in [0.2, 0.25) is 5.91 Å². The Morgan fingerprint density at radius 2 is 1.83 bits per heavy atom. The van der Waals surface area contributed by atoms with Crippen molar-refractivity contribution in [2.24, 2.45) is 0 Å². The molecule has 0 spiro atoms. The van der Waals surface area contributed by atoms with E-state index >= 15 is 0 Å². The molecule has 2 aromatic carbocycles. The van der Waals surface area contributed by atoms with E-state index in [-0.39, 0.29) is 46.7 Å². The monoisotopic (exact) mass is 552 g/mol. The Morgan fingerprint density at radius 1 is 1.08 bits per heavy atom. The zero-order valence-corrected chi connectivity index (χ0v) is 21.8. The fourth-order valence-corrected chi connectivity index (χ4v) is 4.77. The predicted molar refractivity (Wildman–Crippen MR) is 139 cm³/mol. The van der Waals surface area contributed by atoms with Crippen LogP contribution < -0.4 is 15.4 Å². The minimum atomic E-state index is -0.674. The Hall–Kier alpha value is -3.14. The van der Waals surface area contributed by atoms with E-state index < -0.39 is 17.7 Å². The smallest absolute Gasteiger partial charge is 0.341 e. The van der Waals surface area contributed by atoms with E-state index in [1.165, 1.54) is 18.2 Å². The summed E-state index contributed by atoms with van der Waals surface area (Å²) in [5.74, 6) is -1.81. The number of hydrogen-bond donors (Lipinski definition) is 2. The molecular formula is C25H23Cl2FN2O5S. The molecule has 36 heavy (non-hydrogen) atoms. The molecule has 1 heterocycles. The molecule has 2 N–H and O–H groups in total. The van der Waals surface area contributed by atoms with Gasteiger partial charge >= 0.3 is 5.97 Å². The molecule has 0 aliphatic rings. The summed E-state index contributed by atoms with van der Waals surface area (Å²) in [6.07, 6.45) is 0.450. The molecule has 0 aliphatic carbocycles. The van der Waals surface area contributed by atoms with E-state index in [2.05, 4.69) is 10.6 Å². The number of hydrogen-bond acceptors (Lipinski definition) is 6. The van der Waals surface area contributed by atoms with Crippen LogP contribution in [0.4, 0.5) is 15.1 Å². The molecular weight excluding hydrogens is 530 g/mol. The number of nitrogens with one attached hydrogen (secondary N) is 2. The maximum Gasteiger partial charge on any atom is 0.341 e. The Kier molecular flexibility index (Phi) is 9.69. The molecule has 2 amide bonds. The lowest BCUT2D eigenvalue weighted by Crippen LogP contribution is -2.15. The number of carbonyl (C=O) groups excluding carboxylic acids is 3. The van der Waals surface area contributed by atoms with Crippen LogP contribution in [0.25, 0.3) is 0 Å². The van der Waals surface area contributed by atoms with Gasteiger partial charge in [-0.15, -0.1) is 11.3 Å². The predicted octanol–water partition coefficient (Wildman–Crippen LogP) is 6.73. The quantitative estimate of drug-likeness (QED) is 0.215. The fourth-order valence-electron chi connectivity index (χ4n) is 3.21. The van der Waals surface area contributed by atoms with Gasteiger partial charge in [-0.3, -0.25) is 9.59 Å². The third-order valence-corrected chi connectivity index (χ3v) is 6.64. The van der Waals surface area contributed by atoms with Crippen LogP contribution in [0, 0.1) is 12.7 Å². The van der Waals surface area contributed by atoms with Crippen molar-refractivity contribution in [2.45, 2.75) is 26.7 Å². The molecule has 1 aromatic heterocycles. The van der Waals surface area contributed by atoms with Crippen molar-refractivity contribution < 1.29 is 28.2 Å². The van der Waals surface area contributed by atoms with Crippen LogP contribution in [0.5, 0.6) is 5.75 Å². The second-order valence-corrected chi connectivity index (χ2v) is 9.35. The summed E-state index contributed by atoms with van der Waals surface area (Å²) < 4.78 is 24.7. The third kappa shape index (κ3) is 6.96. The number of anilines is 2. The lowest BCUT2D eigenvalue weighted by Gasteiger charge is -2.09. The highest BCUT2D eigenvalue weighted by Gasteiger charge is 2.27. The van der Waals surface area contributed by atoms with Crippen molar-refractivity contribution >= 4 is 63.0 Å². The standard InChI is InChI=1S/C25H23Cl2FN2O5S/c1-3-34-25(33)21-14(2)22(23(32)29-18-8-5-4-7-17(18)28)36-24(21)30-20(31)9-6-12-35-19-11-10-15(26)13-16(19)27/h4-5,7-8,10-11,13H,3,6,9,12H2,1-2H3,(H,29,32)(H,30,31). The lowest BCUT2D eigenvalue weighted by atomic mass is 10.1. The first-order valence-corrected chi connectivity index (χ1v) is 12.5. The van der Waals surface area contributed by atoms with Gasteiger partial charge in [0.25, 0.3) is 5.91 Å². The summed E-state index contributed by atoms with van der Waals surface area (Å²) in [4.78, 5) is 38.2. The number of benzene rings is 2. The average molecular weight is 553 g/mol.